The number of aryl methyl sites for hydroxylation is 3. The number of nitrogens with zero attached hydrogens (tertiary/aromatic N) is 2. The van der Waals surface area contributed by atoms with E-state index in [2.05, 4.69) is 23.8 Å². The molecule has 4 heteroatoms. The summed E-state index contributed by atoms with van der Waals surface area (Å²) in [6.07, 6.45) is 0. The molecule has 0 radical (unpaired) electrons. The van der Waals surface area contributed by atoms with Crippen LogP contribution in [0.25, 0.3) is 0 Å². The van der Waals surface area contributed by atoms with Crippen LogP contribution in [0, 0.1) is 20.8 Å². The highest BCUT2D eigenvalue weighted by atomic mass is 16.5. The fraction of sp³-hybridized carbons (Fsp3) is 0.375. The average molecular weight is 271 g/mol. The topological polar surface area (TPSA) is 61.0 Å². The molecule has 0 saturated heterocycles. The number of anilines is 1. The van der Waals surface area contributed by atoms with E-state index in [-0.39, 0.29) is 0 Å². The Hall–Kier alpha value is -2.10. The van der Waals surface area contributed by atoms with Crippen LogP contribution in [0.1, 0.15) is 42.3 Å². The second kappa shape index (κ2) is 5.49. The molecule has 20 heavy (non-hydrogen) atoms. The maximum absolute atomic E-state index is 5.93. The van der Waals surface area contributed by atoms with Crippen molar-refractivity contribution in [1.82, 2.24) is 9.97 Å². The molecule has 0 aliphatic heterocycles. The van der Waals surface area contributed by atoms with E-state index in [0.717, 1.165) is 22.5 Å². The maximum Gasteiger partial charge on any atom is 0.322 e. The van der Waals surface area contributed by atoms with Crippen molar-refractivity contribution in [3.8, 4) is 11.8 Å². The zero-order valence-corrected chi connectivity index (χ0v) is 12.7. The monoisotopic (exact) mass is 271 g/mol. The van der Waals surface area contributed by atoms with Crippen LogP contribution < -0.4 is 10.5 Å². The highest BCUT2D eigenvalue weighted by molar-refractivity contribution is 5.54. The summed E-state index contributed by atoms with van der Waals surface area (Å²) < 4.78 is 5.81. The van der Waals surface area contributed by atoms with Crippen LogP contribution in [0.15, 0.2) is 18.2 Å². The summed E-state index contributed by atoms with van der Waals surface area (Å²) >= 11 is 0. The van der Waals surface area contributed by atoms with Crippen molar-refractivity contribution in [2.45, 2.75) is 40.5 Å². The Morgan fingerprint density at radius 3 is 2.35 bits per heavy atom. The van der Waals surface area contributed by atoms with E-state index in [4.69, 9.17) is 10.5 Å². The zero-order chi connectivity index (χ0) is 14.9. The first kappa shape index (κ1) is 14.3. The fourth-order valence-corrected chi connectivity index (χ4v) is 1.96. The van der Waals surface area contributed by atoms with Crippen LogP contribution >= 0.6 is 0 Å². The normalized spacial score (nSPS) is 10.9. The molecule has 0 unspecified atom stereocenters. The predicted molar refractivity (Wildman–Crippen MR) is 81.3 cm³/mol. The van der Waals surface area contributed by atoms with Crippen molar-refractivity contribution in [1.29, 1.82) is 0 Å². The summed E-state index contributed by atoms with van der Waals surface area (Å²) in [5, 5.41) is 0. The summed E-state index contributed by atoms with van der Waals surface area (Å²) in [5.74, 6) is 1.04. The van der Waals surface area contributed by atoms with Crippen molar-refractivity contribution < 1.29 is 4.74 Å². The van der Waals surface area contributed by atoms with Crippen molar-refractivity contribution in [2.75, 3.05) is 5.73 Å². The molecule has 2 N–H and O–H groups in total. The molecule has 4 nitrogen and oxygen atoms in total. The lowest BCUT2D eigenvalue weighted by Gasteiger charge is -2.12. The highest BCUT2D eigenvalue weighted by Gasteiger charge is 2.10. The van der Waals surface area contributed by atoms with Crippen LogP contribution in [0.2, 0.25) is 0 Å². The molecule has 0 fully saturated rings. The molecule has 0 spiro atoms. The van der Waals surface area contributed by atoms with Gasteiger partial charge < -0.3 is 10.5 Å². The Morgan fingerprint density at radius 1 is 1.00 bits per heavy atom. The van der Waals surface area contributed by atoms with E-state index in [1.807, 2.05) is 39.0 Å². The van der Waals surface area contributed by atoms with Gasteiger partial charge in [0, 0.05) is 17.4 Å². The molecular weight excluding hydrogens is 250 g/mol. The lowest BCUT2D eigenvalue weighted by atomic mass is 10.1. The number of nitrogens with two attached hydrogens (primary N) is 1. The predicted octanol–water partition coefficient (Wildman–Crippen LogP) is 3.90. The van der Waals surface area contributed by atoms with Crippen molar-refractivity contribution in [3.05, 3.63) is 40.7 Å². The first-order chi connectivity index (χ1) is 9.36. The molecule has 0 aliphatic rings. The first-order valence-corrected chi connectivity index (χ1v) is 6.77. The van der Waals surface area contributed by atoms with Gasteiger partial charge in [-0.05, 0) is 43.9 Å². The minimum absolute atomic E-state index is 0.336. The molecular formula is C16H21N3O. The first-order valence-electron chi connectivity index (χ1n) is 6.77. The van der Waals surface area contributed by atoms with Gasteiger partial charge in [0.25, 0.3) is 0 Å². The lowest BCUT2D eigenvalue weighted by Crippen LogP contribution is -2.01. The van der Waals surface area contributed by atoms with Gasteiger partial charge in [-0.25, -0.2) is 4.98 Å². The second-order valence-electron chi connectivity index (χ2n) is 5.45. The fourth-order valence-electron chi connectivity index (χ4n) is 1.96. The summed E-state index contributed by atoms with van der Waals surface area (Å²) in [6.45, 7) is 10.1. The van der Waals surface area contributed by atoms with Gasteiger partial charge in [-0.15, -0.1) is 0 Å². The Labute approximate surface area is 120 Å². The zero-order valence-electron chi connectivity index (χ0n) is 12.7. The average Bonchev–Trinajstić information content (AvgIpc) is 2.35. The number of hydrogen-bond acceptors (Lipinski definition) is 4. The largest absolute Gasteiger partial charge is 0.424 e. The van der Waals surface area contributed by atoms with Crippen molar-refractivity contribution >= 4 is 5.69 Å². The number of aromatic nitrogens is 2. The van der Waals surface area contributed by atoms with E-state index in [1.54, 1.807) is 0 Å². The molecule has 1 aromatic heterocycles. The molecule has 2 rings (SSSR count). The number of nitrogen functional groups attached to an aromatic ring is 1. The van der Waals surface area contributed by atoms with E-state index in [9.17, 15) is 0 Å². The Morgan fingerprint density at radius 2 is 1.70 bits per heavy atom. The molecule has 106 valence electrons. The molecule has 0 bridgehead atoms. The molecule has 0 amide bonds. The minimum Gasteiger partial charge on any atom is -0.424 e. The van der Waals surface area contributed by atoms with E-state index in [0.29, 0.717) is 23.4 Å². The minimum atomic E-state index is 0.336. The van der Waals surface area contributed by atoms with Gasteiger partial charge in [-0.2, -0.15) is 4.98 Å². The van der Waals surface area contributed by atoms with Crippen molar-refractivity contribution in [3.63, 3.8) is 0 Å². The molecule has 1 heterocycles. The molecule has 0 aliphatic carbocycles. The Kier molecular flexibility index (Phi) is 3.93. The van der Waals surface area contributed by atoms with Crippen LogP contribution in [0.3, 0.4) is 0 Å². The Bertz CT molecular complexity index is 636. The summed E-state index contributed by atoms with van der Waals surface area (Å²) in [5.41, 5.74) is 10.6. The van der Waals surface area contributed by atoms with Crippen LogP contribution in [-0.2, 0) is 0 Å². The third-order valence-corrected chi connectivity index (χ3v) is 3.21. The number of hydrogen-bond donors (Lipinski definition) is 1. The van der Waals surface area contributed by atoms with Crippen LogP contribution in [-0.4, -0.2) is 9.97 Å². The second-order valence-corrected chi connectivity index (χ2v) is 5.45. The van der Waals surface area contributed by atoms with Gasteiger partial charge in [-0.3, -0.25) is 0 Å². The van der Waals surface area contributed by atoms with E-state index < -0.39 is 0 Å². The smallest absolute Gasteiger partial charge is 0.322 e. The van der Waals surface area contributed by atoms with E-state index >= 15 is 0 Å². The van der Waals surface area contributed by atoms with Gasteiger partial charge in [0.05, 0.1) is 5.69 Å². The quantitative estimate of drug-likeness (QED) is 0.860. The standard InChI is InChI=1S/C16H21N3O/c1-9(2)14-7-12(5)18-16(19-14)20-15-8-13(17)10(3)6-11(15)4/h6-9H,17H2,1-5H3. The van der Waals surface area contributed by atoms with Gasteiger partial charge in [0.1, 0.15) is 5.75 Å². The lowest BCUT2D eigenvalue weighted by molar-refractivity contribution is 0.433. The summed E-state index contributed by atoms with van der Waals surface area (Å²) in [4.78, 5) is 8.78. The summed E-state index contributed by atoms with van der Waals surface area (Å²) in [7, 11) is 0. The van der Waals surface area contributed by atoms with Gasteiger partial charge in [0.2, 0.25) is 0 Å². The number of benzene rings is 1. The molecule has 0 saturated carbocycles. The van der Waals surface area contributed by atoms with Crippen LogP contribution in [0.5, 0.6) is 11.8 Å². The SMILES string of the molecule is Cc1cc(C(C)C)nc(Oc2cc(N)c(C)cc2C)n1. The third kappa shape index (κ3) is 3.07. The summed E-state index contributed by atoms with van der Waals surface area (Å²) in [6, 6.07) is 6.18. The maximum atomic E-state index is 5.93. The number of ether oxygens (including phenoxy) is 1. The molecule has 2 aromatic rings. The van der Waals surface area contributed by atoms with Crippen molar-refractivity contribution in [2.24, 2.45) is 0 Å². The van der Waals surface area contributed by atoms with Gasteiger partial charge >= 0.3 is 6.01 Å². The Balaban J connectivity index is 2.37. The molecule has 1 aromatic carbocycles. The highest BCUT2D eigenvalue weighted by Crippen LogP contribution is 2.28. The van der Waals surface area contributed by atoms with Crippen LogP contribution in [0.4, 0.5) is 5.69 Å². The van der Waals surface area contributed by atoms with E-state index in [1.165, 1.54) is 0 Å². The third-order valence-electron chi connectivity index (χ3n) is 3.21. The van der Waals surface area contributed by atoms with Gasteiger partial charge in [-0.1, -0.05) is 19.9 Å². The number of rotatable bonds is 3. The molecule has 0 atom stereocenters. The van der Waals surface area contributed by atoms with Gasteiger partial charge in [0.15, 0.2) is 0 Å².